The van der Waals surface area contributed by atoms with Gasteiger partial charge in [0.2, 0.25) is 5.91 Å². The van der Waals surface area contributed by atoms with Gasteiger partial charge in [0.05, 0.1) is 40.2 Å². The molecule has 5 nitrogen and oxygen atoms in total. The second kappa shape index (κ2) is 16.8. The first kappa shape index (κ1) is 26.9. The second-order valence-electron chi connectivity index (χ2n) is 9.33. The molecule has 0 aromatic rings. The van der Waals surface area contributed by atoms with Crippen LogP contribution in [0.3, 0.4) is 0 Å². The quantitative estimate of drug-likeness (QED) is 0.234. The van der Waals surface area contributed by atoms with Crippen molar-refractivity contribution in [3.05, 3.63) is 0 Å². The number of amides is 1. The van der Waals surface area contributed by atoms with E-state index in [2.05, 4.69) is 12.2 Å². The molecule has 1 amide bonds. The van der Waals surface area contributed by atoms with E-state index in [9.17, 15) is 9.59 Å². The predicted octanol–water partition coefficient (Wildman–Crippen LogP) is 5.13. The number of quaternary nitrogens is 1. The minimum atomic E-state index is -0.861. The number of carboxylic acids is 1. The Kier molecular flexibility index (Phi) is 16.2. The number of carbonyl (C=O) groups excluding carboxylic acids is 1. The maximum atomic E-state index is 12.1. The molecular formula is C23H47N2O3+. The molecule has 0 unspecified atom stereocenters. The van der Waals surface area contributed by atoms with Gasteiger partial charge in [-0.15, -0.1) is 0 Å². The van der Waals surface area contributed by atoms with E-state index in [0.717, 1.165) is 12.8 Å². The third kappa shape index (κ3) is 19.7. The summed E-state index contributed by atoms with van der Waals surface area (Å²) in [5.41, 5.74) is 0. The lowest BCUT2D eigenvalue weighted by Gasteiger charge is -2.29. The molecule has 0 aliphatic carbocycles. The van der Waals surface area contributed by atoms with Crippen molar-refractivity contribution >= 4 is 11.9 Å². The number of unbranched alkanes of at least 4 members (excludes halogenated alkanes) is 12. The van der Waals surface area contributed by atoms with Gasteiger partial charge in [0.25, 0.3) is 0 Å². The number of carboxylic acid groups (broad SMARTS) is 1. The van der Waals surface area contributed by atoms with Crippen LogP contribution < -0.4 is 5.32 Å². The Morgan fingerprint density at radius 2 is 1.21 bits per heavy atom. The van der Waals surface area contributed by atoms with Gasteiger partial charge in [-0.2, -0.15) is 0 Å². The molecule has 0 saturated carbocycles. The number of likely N-dealkylation sites (N-methyl/N-ethyl adjacent to an activating group) is 1. The van der Waals surface area contributed by atoms with Crippen LogP contribution in [0.15, 0.2) is 0 Å². The summed E-state index contributed by atoms with van der Waals surface area (Å²) < 4.78 is 0.636. The Bertz CT molecular complexity index is 405. The molecule has 0 bridgehead atoms. The first-order valence-electron chi connectivity index (χ1n) is 11.6. The topological polar surface area (TPSA) is 66.4 Å². The molecule has 0 aliphatic rings. The van der Waals surface area contributed by atoms with Gasteiger partial charge in [0.1, 0.15) is 0 Å². The maximum Gasteiger partial charge on any atom is 0.305 e. The molecule has 0 aromatic heterocycles. The molecule has 166 valence electrons. The molecular weight excluding hydrogens is 352 g/mol. The minimum absolute atomic E-state index is 0.0113. The van der Waals surface area contributed by atoms with E-state index in [1.54, 1.807) is 0 Å². The number of hydrogen-bond acceptors (Lipinski definition) is 2. The van der Waals surface area contributed by atoms with Crippen molar-refractivity contribution in [2.24, 2.45) is 0 Å². The molecule has 0 rings (SSSR count). The monoisotopic (exact) mass is 399 g/mol. The second-order valence-corrected chi connectivity index (χ2v) is 9.33. The largest absolute Gasteiger partial charge is 0.481 e. The number of carbonyl (C=O) groups is 2. The first-order chi connectivity index (χ1) is 13.2. The highest BCUT2D eigenvalue weighted by molar-refractivity contribution is 5.77. The Labute approximate surface area is 173 Å². The van der Waals surface area contributed by atoms with Crippen LogP contribution in [0, 0.1) is 0 Å². The lowest BCUT2D eigenvalue weighted by atomic mass is 10.0. The Morgan fingerprint density at radius 3 is 1.61 bits per heavy atom. The van der Waals surface area contributed by atoms with Gasteiger partial charge in [0, 0.05) is 6.42 Å². The summed E-state index contributed by atoms with van der Waals surface area (Å²) in [6.45, 7) is 2.88. The van der Waals surface area contributed by atoms with Gasteiger partial charge in [-0.05, 0) is 6.42 Å². The summed E-state index contributed by atoms with van der Waals surface area (Å²) in [5.74, 6) is -0.873. The molecule has 0 radical (unpaired) electrons. The molecule has 0 heterocycles. The summed E-state index contributed by atoms with van der Waals surface area (Å²) in [6, 6.07) is -0.299. The zero-order valence-corrected chi connectivity index (χ0v) is 19.1. The van der Waals surface area contributed by atoms with Gasteiger partial charge in [-0.25, -0.2) is 0 Å². The summed E-state index contributed by atoms with van der Waals surface area (Å²) in [7, 11) is 6.02. The highest BCUT2D eigenvalue weighted by Gasteiger charge is 2.22. The Morgan fingerprint density at radius 1 is 0.786 bits per heavy atom. The molecule has 5 heteroatoms. The van der Waals surface area contributed by atoms with Crippen molar-refractivity contribution in [1.82, 2.24) is 5.32 Å². The summed E-state index contributed by atoms with van der Waals surface area (Å²) in [5, 5.41) is 11.9. The minimum Gasteiger partial charge on any atom is -0.481 e. The lowest BCUT2D eigenvalue weighted by Crippen LogP contribution is -2.49. The van der Waals surface area contributed by atoms with E-state index in [1.807, 2.05) is 21.1 Å². The van der Waals surface area contributed by atoms with Gasteiger partial charge in [0.15, 0.2) is 0 Å². The molecule has 0 spiro atoms. The molecule has 0 aliphatic heterocycles. The number of hydrogen-bond donors (Lipinski definition) is 2. The fourth-order valence-corrected chi connectivity index (χ4v) is 3.64. The fraction of sp³-hybridized carbons (Fsp3) is 0.913. The number of nitrogens with one attached hydrogen (secondary N) is 1. The van der Waals surface area contributed by atoms with Gasteiger partial charge in [-0.3, -0.25) is 9.59 Å². The zero-order valence-electron chi connectivity index (χ0n) is 19.1. The highest BCUT2D eigenvalue weighted by atomic mass is 16.4. The highest BCUT2D eigenvalue weighted by Crippen LogP contribution is 2.13. The van der Waals surface area contributed by atoms with Crippen LogP contribution >= 0.6 is 0 Å². The average molecular weight is 400 g/mol. The lowest BCUT2D eigenvalue weighted by molar-refractivity contribution is -0.871. The van der Waals surface area contributed by atoms with Gasteiger partial charge >= 0.3 is 5.97 Å². The SMILES string of the molecule is CCCCCCCCCCCCCCCC(=O)N[C@H](CC(=O)O)C[N+](C)(C)C. The van der Waals surface area contributed by atoms with Gasteiger partial charge in [-0.1, -0.05) is 84.0 Å². The smallest absolute Gasteiger partial charge is 0.305 e. The van der Waals surface area contributed by atoms with Crippen LogP contribution in [-0.2, 0) is 9.59 Å². The van der Waals surface area contributed by atoms with Crippen molar-refractivity contribution in [2.45, 2.75) is 109 Å². The zero-order chi connectivity index (χ0) is 21.3. The fourth-order valence-electron chi connectivity index (χ4n) is 3.64. The first-order valence-corrected chi connectivity index (χ1v) is 11.6. The van der Waals surface area contributed by atoms with E-state index in [-0.39, 0.29) is 18.4 Å². The van der Waals surface area contributed by atoms with Crippen LogP contribution in [0.25, 0.3) is 0 Å². The molecule has 0 fully saturated rings. The standard InChI is InChI=1S/C23H46N2O3/c1-5-6-7-8-9-10-11-12-13-14-15-16-17-18-22(26)24-21(19-23(27)28)20-25(2,3)4/h21H,5-20H2,1-4H3,(H-,24,26,27,28)/p+1/t21-/m1/s1. The van der Waals surface area contributed by atoms with E-state index < -0.39 is 5.97 Å². The van der Waals surface area contributed by atoms with Crippen molar-refractivity contribution in [1.29, 1.82) is 0 Å². The molecule has 1 atom stereocenters. The third-order valence-electron chi connectivity index (χ3n) is 5.06. The Balaban J connectivity index is 3.63. The van der Waals surface area contributed by atoms with Crippen molar-refractivity contribution < 1.29 is 19.2 Å². The number of rotatable bonds is 19. The maximum absolute atomic E-state index is 12.1. The summed E-state index contributed by atoms with van der Waals surface area (Å²) in [6.07, 6.45) is 17.2. The van der Waals surface area contributed by atoms with Crippen molar-refractivity contribution in [2.75, 3.05) is 27.7 Å². The third-order valence-corrected chi connectivity index (χ3v) is 5.06. The summed E-state index contributed by atoms with van der Waals surface area (Å²) >= 11 is 0. The number of aliphatic carboxylic acids is 1. The van der Waals surface area contributed by atoms with Crippen molar-refractivity contribution in [3.63, 3.8) is 0 Å². The van der Waals surface area contributed by atoms with E-state index in [1.165, 1.54) is 70.6 Å². The average Bonchev–Trinajstić information content (AvgIpc) is 2.56. The van der Waals surface area contributed by atoms with Crippen LogP contribution in [0.5, 0.6) is 0 Å². The van der Waals surface area contributed by atoms with Crippen LogP contribution in [0.1, 0.15) is 103 Å². The normalized spacial score (nSPS) is 12.7. The molecule has 28 heavy (non-hydrogen) atoms. The van der Waals surface area contributed by atoms with Crippen LogP contribution in [0.4, 0.5) is 0 Å². The Hall–Kier alpha value is -1.10. The van der Waals surface area contributed by atoms with E-state index in [0.29, 0.717) is 17.4 Å². The van der Waals surface area contributed by atoms with Gasteiger partial charge < -0.3 is 14.9 Å². The molecule has 2 N–H and O–H groups in total. The van der Waals surface area contributed by atoms with E-state index >= 15 is 0 Å². The predicted molar refractivity (Wildman–Crippen MR) is 117 cm³/mol. The van der Waals surface area contributed by atoms with Crippen LogP contribution in [0.2, 0.25) is 0 Å². The summed E-state index contributed by atoms with van der Waals surface area (Å²) in [4.78, 5) is 23.1. The van der Waals surface area contributed by atoms with E-state index in [4.69, 9.17) is 5.11 Å². The number of nitrogens with zero attached hydrogens (tertiary/aromatic N) is 1. The molecule has 0 saturated heterocycles. The molecule has 0 aromatic carbocycles. The van der Waals surface area contributed by atoms with Crippen molar-refractivity contribution in [3.8, 4) is 0 Å². The van der Waals surface area contributed by atoms with Crippen LogP contribution in [-0.4, -0.2) is 55.2 Å².